The summed E-state index contributed by atoms with van der Waals surface area (Å²) in [5.74, 6) is 1.32. The first-order valence-corrected chi connectivity index (χ1v) is 10.8. The van der Waals surface area contributed by atoms with Crippen molar-refractivity contribution in [1.29, 1.82) is 0 Å². The Balaban J connectivity index is 1.20. The van der Waals surface area contributed by atoms with E-state index in [9.17, 15) is 14.4 Å². The van der Waals surface area contributed by atoms with Crippen LogP contribution in [0, 0.1) is 0 Å². The second-order valence-corrected chi connectivity index (χ2v) is 8.62. The first-order chi connectivity index (χ1) is 15.0. The molecule has 0 spiro atoms. The highest BCUT2D eigenvalue weighted by Crippen LogP contribution is 2.44. The summed E-state index contributed by atoms with van der Waals surface area (Å²) in [7, 11) is 0. The van der Waals surface area contributed by atoms with E-state index in [1.807, 2.05) is 19.1 Å². The third-order valence-corrected chi connectivity index (χ3v) is 6.39. The fraction of sp³-hybridized carbons (Fsp3) is 0.500. The molecule has 2 aromatic rings. The Labute approximate surface area is 179 Å². The Morgan fingerprint density at radius 3 is 2.90 bits per heavy atom. The maximum Gasteiger partial charge on any atom is 0.257 e. The van der Waals surface area contributed by atoms with Crippen molar-refractivity contribution in [2.24, 2.45) is 0 Å². The van der Waals surface area contributed by atoms with E-state index >= 15 is 0 Å². The smallest absolute Gasteiger partial charge is 0.257 e. The Bertz CT molecular complexity index is 1050. The first-order valence-electron chi connectivity index (χ1n) is 10.8. The molecule has 1 N–H and O–H groups in total. The van der Waals surface area contributed by atoms with E-state index in [2.05, 4.69) is 15.5 Å². The number of para-hydroxylation sites is 1. The number of amides is 3. The Hall–Kier alpha value is -3.23. The highest BCUT2D eigenvalue weighted by Gasteiger charge is 2.52. The SMILES string of the molecule is CC12CCC(=O)N1c1ccccc1C(=O)N2CCCC(=O)NCc1nc(C2CC2)no1. The standard InChI is InChI=1S/C22H25N5O4/c1-22-11-10-19(29)27(22)16-6-3-2-5-15(16)21(30)26(22)12-4-7-17(28)23-13-18-24-20(25-31-18)14-8-9-14/h2-3,5-6,14H,4,7-13H2,1H3,(H,23,28). The van der Waals surface area contributed by atoms with Gasteiger partial charge in [0.2, 0.25) is 17.7 Å². The quantitative estimate of drug-likeness (QED) is 0.732. The molecule has 1 atom stereocenters. The summed E-state index contributed by atoms with van der Waals surface area (Å²) in [5.41, 5.74) is 0.515. The van der Waals surface area contributed by atoms with Gasteiger partial charge in [0.15, 0.2) is 5.82 Å². The molecule has 1 aromatic carbocycles. The third kappa shape index (κ3) is 3.47. The van der Waals surface area contributed by atoms with Crippen LogP contribution in [0.4, 0.5) is 5.69 Å². The van der Waals surface area contributed by atoms with Gasteiger partial charge in [-0.15, -0.1) is 0 Å². The number of rotatable bonds is 7. The van der Waals surface area contributed by atoms with Gasteiger partial charge in [-0.05, 0) is 44.7 Å². The second-order valence-electron chi connectivity index (χ2n) is 8.62. The lowest BCUT2D eigenvalue weighted by molar-refractivity contribution is -0.121. The lowest BCUT2D eigenvalue weighted by Crippen LogP contribution is -2.62. The zero-order valence-electron chi connectivity index (χ0n) is 17.5. The number of nitrogens with one attached hydrogen (secondary N) is 1. The molecule has 1 saturated heterocycles. The maximum atomic E-state index is 13.2. The van der Waals surface area contributed by atoms with Gasteiger partial charge >= 0.3 is 0 Å². The summed E-state index contributed by atoms with van der Waals surface area (Å²) >= 11 is 0. The predicted octanol–water partition coefficient (Wildman–Crippen LogP) is 2.34. The van der Waals surface area contributed by atoms with Crippen LogP contribution in [0.5, 0.6) is 0 Å². The number of anilines is 1. The predicted molar refractivity (Wildman–Crippen MR) is 110 cm³/mol. The minimum atomic E-state index is -0.692. The fourth-order valence-corrected chi connectivity index (χ4v) is 4.55. The average Bonchev–Trinajstić information content (AvgIpc) is 3.42. The molecule has 9 heteroatoms. The fourth-order valence-electron chi connectivity index (χ4n) is 4.55. The summed E-state index contributed by atoms with van der Waals surface area (Å²) in [4.78, 5) is 45.8. The van der Waals surface area contributed by atoms with E-state index in [-0.39, 0.29) is 30.7 Å². The zero-order chi connectivity index (χ0) is 21.6. The highest BCUT2D eigenvalue weighted by molar-refractivity contribution is 6.10. The zero-order valence-corrected chi connectivity index (χ0v) is 17.5. The number of fused-ring (bicyclic) bond motifs is 3. The number of hydrogen-bond donors (Lipinski definition) is 1. The van der Waals surface area contributed by atoms with Crippen LogP contribution in [-0.4, -0.2) is 45.0 Å². The summed E-state index contributed by atoms with van der Waals surface area (Å²) in [6, 6.07) is 7.22. The van der Waals surface area contributed by atoms with E-state index in [4.69, 9.17) is 4.52 Å². The van der Waals surface area contributed by atoms with Crippen LogP contribution >= 0.6 is 0 Å². The molecule has 2 fully saturated rings. The normalized spacial score (nSPS) is 22.5. The van der Waals surface area contributed by atoms with Gasteiger partial charge in [0.05, 0.1) is 17.8 Å². The number of carbonyl (C=O) groups is 3. The molecule has 3 aliphatic rings. The van der Waals surface area contributed by atoms with Gasteiger partial charge < -0.3 is 14.7 Å². The molecule has 162 valence electrons. The van der Waals surface area contributed by atoms with Crippen molar-refractivity contribution in [2.45, 2.75) is 63.6 Å². The number of nitrogens with zero attached hydrogens (tertiary/aromatic N) is 4. The van der Waals surface area contributed by atoms with Crippen molar-refractivity contribution < 1.29 is 18.9 Å². The molecule has 1 saturated carbocycles. The molecule has 9 nitrogen and oxygen atoms in total. The number of benzene rings is 1. The topological polar surface area (TPSA) is 109 Å². The molecule has 3 amide bonds. The molecule has 5 rings (SSSR count). The van der Waals surface area contributed by atoms with Crippen LogP contribution in [-0.2, 0) is 16.1 Å². The van der Waals surface area contributed by atoms with Crippen LogP contribution < -0.4 is 10.2 Å². The minimum Gasteiger partial charge on any atom is -0.347 e. The number of aromatic nitrogens is 2. The molecule has 3 heterocycles. The number of hydrogen-bond acceptors (Lipinski definition) is 6. The molecule has 1 aliphatic carbocycles. The van der Waals surface area contributed by atoms with Gasteiger partial charge in [-0.25, -0.2) is 0 Å². The Kier molecular flexibility index (Phi) is 4.75. The van der Waals surface area contributed by atoms with Crippen molar-refractivity contribution >= 4 is 23.4 Å². The van der Waals surface area contributed by atoms with Crippen molar-refractivity contribution in [3.8, 4) is 0 Å². The molecule has 1 unspecified atom stereocenters. The molecule has 0 radical (unpaired) electrons. The van der Waals surface area contributed by atoms with Gasteiger partial charge in [0, 0.05) is 25.3 Å². The average molecular weight is 423 g/mol. The molecule has 0 bridgehead atoms. The van der Waals surface area contributed by atoms with Crippen molar-refractivity contribution in [1.82, 2.24) is 20.4 Å². The minimum absolute atomic E-state index is 0.0234. The van der Waals surface area contributed by atoms with Gasteiger partial charge in [0.1, 0.15) is 5.66 Å². The van der Waals surface area contributed by atoms with Crippen LogP contribution in [0.3, 0.4) is 0 Å². The van der Waals surface area contributed by atoms with Gasteiger partial charge in [-0.1, -0.05) is 17.3 Å². The third-order valence-electron chi connectivity index (χ3n) is 6.39. The van der Waals surface area contributed by atoms with Gasteiger partial charge in [0.25, 0.3) is 5.91 Å². The monoisotopic (exact) mass is 423 g/mol. The lowest BCUT2D eigenvalue weighted by atomic mass is 9.98. The largest absolute Gasteiger partial charge is 0.347 e. The second kappa shape index (κ2) is 7.47. The molecule has 2 aliphatic heterocycles. The van der Waals surface area contributed by atoms with Crippen molar-refractivity contribution in [3.05, 3.63) is 41.5 Å². The molecule has 31 heavy (non-hydrogen) atoms. The van der Waals surface area contributed by atoms with Crippen molar-refractivity contribution in [2.75, 3.05) is 11.4 Å². The van der Waals surface area contributed by atoms with E-state index in [0.29, 0.717) is 48.9 Å². The van der Waals surface area contributed by atoms with E-state index in [1.165, 1.54) is 0 Å². The van der Waals surface area contributed by atoms with Crippen LogP contribution in [0.15, 0.2) is 28.8 Å². The number of carbonyl (C=O) groups excluding carboxylic acids is 3. The summed E-state index contributed by atoms with van der Waals surface area (Å²) in [6.07, 6.45) is 3.92. The Morgan fingerprint density at radius 2 is 2.10 bits per heavy atom. The summed E-state index contributed by atoms with van der Waals surface area (Å²) in [5, 5.41) is 6.73. The van der Waals surface area contributed by atoms with Crippen molar-refractivity contribution in [3.63, 3.8) is 0 Å². The van der Waals surface area contributed by atoms with Gasteiger partial charge in [-0.2, -0.15) is 4.98 Å². The van der Waals surface area contributed by atoms with E-state index < -0.39 is 5.66 Å². The first kappa shape index (κ1) is 19.7. The highest BCUT2D eigenvalue weighted by atomic mass is 16.5. The Morgan fingerprint density at radius 1 is 1.29 bits per heavy atom. The molecular weight excluding hydrogens is 398 g/mol. The summed E-state index contributed by atoms with van der Waals surface area (Å²) < 4.78 is 5.17. The van der Waals surface area contributed by atoms with Crippen LogP contribution in [0.2, 0.25) is 0 Å². The maximum absolute atomic E-state index is 13.2. The van der Waals surface area contributed by atoms with Crippen LogP contribution in [0.1, 0.15) is 73.4 Å². The van der Waals surface area contributed by atoms with E-state index in [0.717, 1.165) is 18.7 Å². The summed E-state index contributed by atoms with van der Waals surface area (Å²) in [6.45, 7) is 2.53. The lowest BCUT2D eigenvalue weighted by Gasteiger charge is -2.48. The van der Waals surface area contributed by atoms with E-state index in [1.54, 1.807) is 21.9 Å². The molecular formula is C22H25N5O4. The van der Waals surface area contributed by atoms with Crippen LogP contribution in [0.25, 0.3) is 0 Å². The molecule has 1 aromatic heterocycles. The van der Waals surface area contributed by atoms with Gasteiger partial charge in [-0.3, -0.25) is 19.3 Å².